The molecule has 1 heterocycles. The van der Waals surface area contributed by atoms with E-state index < -0.39 is 5.97 Å². The first kappa shape index (κ1) is 18.3. The highest BCUT2D eigenvalue weighted by molar-refractivity contribution is 5.98. The van der Waals surface area contributed by atoms with Crippen molar-refractivity contribution in [2.45, 2.75) is 6.92 Å². The number of aryl methyl sites for hydroxylation is 2. The van der Waals surface area contributed by atoms with Gasteiger partial charge in [0, 0.05) is 19.3 Å². The maximum absolute atomic E-state index is 12.2. The van der Waals surface area contributed by atoms with Crippen LogP contribution in [0.3, 0.4) is 0 Å². The lowest BCUT2D eigenvalue weighted by Crippen LogP contribution is -2.12. The topological polar surface area (TPSA) is 79.7 Å². The summed E-state index contributed by atoms with van der Waals surface area (Å²) >= 11 is 0. The zero-order chi connectivity index (χ0) is 18.4. The standard InChI is InChI=1S/C18H20N2O5/c1-12-14(10-20(2)19-12)15(21)11-25-16-7-5-13(9-17(16)23-3)6-8-18(22)24-4/h5-10H,11H2,1-4H3. The number of hydrogen-bond acceptors (Lipinski definition) is 6. The Morgan fingerprint density at radius 1 is 1.24 bits per heavy atom. The minimum absolute atomic E-state index is 0.125. The molecule has 2 rings (SSSR count). The molecule has 0 saturated carbocycles. The van der Waals surface area contributed by atoms with Gasteiger partial charge in [-0.1, -0.05) is 6.07 Å². The maximum Gasteiger partial charge on any atom is 0.330 e. The molecule has 25 heavy (non-hydrogen) atoms. The molecule has 0 aliphatic heterocycles. The van der Waals surface area contributed by atoms with Gasteiger partial charge in [0.25, 0.3) is 0 Å². The molecule has 132 valence electrons. The highest BCUT2D eigenvalue weighted by Crippen LogP contribution is 2.28. The number of benzene rings is 1. The molecule has 0 amide bonds. The van der Waals surface area contributed by atoms with Crippen molar-refractivity contribution in [3.05, 3.63) is 47.3 Å². The van der Waals surface area contributed by atoms with Crippen molar-refractivity contribution in [2.24, 2.45) is 7.05 Å². The minimum Gasteiger partial charge on any atom is -0.493 e. The van der Waals surface area contributed by atoms with E-state index in [-0.39, 0.29) is 12.4 Å². The number of carbonyl (C=O) groups is 2. The van der Waals surface area contributed by atoms with Crippen LogP contribution in [0.2, 0.25) is 0 Å². The maximum atomic E-state index is 12.2. The van der Waals surface area contributed by atoms with Crippen molar-refractivity contribution in [1.82, 2.24) is 9.78 Å². The molecule has 1 aromatic heterocycles. The molecular weight excluding hydrogens is 324 g/mol. The summed E-state index contributed by atoms with van der Waals surface area (Å²) in [4.78, 5) is 23.4. The van der Waals surface area contributed by atoms with Gasteiger partial charge in [-0.25, -0.2) is 4.79 Å². The van der Waals surface area contributed by atoms with Gasteiger partial charge in [0.1, 0.15) is 0 Å². The lowest BCUT2D eigenvalue weighted by atomic mass is 10.1. The summed E-state index contributed by atoms with van der Waals surface area (Å²) in [7, 11) is 4.57. The average Bonchev–Trinajstić information content (AvgIpc) is 2.96. The van der Waals surface area contributed by atoms with Gasteiger partial charge >= 0.3 is 5.97 Å². The van der Waals surface area contributed by atoms with Gasteiger partial charge in [-0.05, 0) is 30.7 Å². The third-order valence-corrected chi connectivity index (χ3v) is 3.47. The van der Waals surface area contributed by atoms with Crippen LogP contribution in [-0.2, 0) is 16.6 Å². The quantitative estimate of drug-likeness (QED) is 0.435. The SMILES string of the molecule is COC(=O)C=Cc1ccc(OCC(=O)c2cn(C)nc2C)c(OC)c1. The summed E-state index contributed by atoms with van der Waals surface area (Å²) in [6, 6.07) is 5.13. The number of Topliss-reactive ketones (excluding diaryl/α,β-unsaturated/α-hetero) is 1. The lowest BCUT2D eigenvalue weighted by molar-refractivity contribution is -0.134. The molecule has 7 heteroatoms. The summed E-state index contributed by atoms with van der Waals surface area (Å²) in [5.41, 5.74) is 1.93. The van der Waals surface area contributed by atoms with E-state index in [0.717, 1.165) is 5.56 Å². The van der Waals surface area contributed by atoms with E-state index in [9.17, 15) is 9.59 Å². The predicted octanol–water partition coefficient (Wildman–Crippen LogP) is 2.19. The van der Waals surface area contributed by atoms with Crippen LogP contribution in [-0.4, -0.2) is 42.4 Å². The lowest BCUT2D eigenvalue weighted by Gasteiger charge is -2.10. The third kappa shape index (κ3) is 4.69. The van der Waals surface area contributed by atoms with Crippen molar-refractivity contribution in [2.75, 3.05) is 20.8 Å². The van der Waals surface area contributed by atoms with Crippen molar-refractivity contribution in [3.63, 3.8) is 0 Å². The first-order valence-electron chi connectivity index (χ1n) is 7.55. The molecule has 0 fully saturated rings. The van der Waals surface area contributed by atoms with E-state index in [0.29, 0.717) is 22.8 Å². The molecule has 0 saturated heterocycles. The number of aromatic nitrogens is 2. The first-order valence-corrected chi connectivity index (χ1v) is 7.55. The van der Waals surface area contributed by atoms with Crippen LogP contribution < -0.4 is 9.47 Å². The Morgan fingerprint density at radius 2 is 2.00 bits per heavy atom. The fraction of sp³-hybridized carbons (Fsp3) is 0.278. The van der Waals surface area contributed by atoms with E-state index in [2.05, 4.69) is 9.84 Å². The molecule has 7 nitrogen and oxygen atoms in total. The van der Waals surface area contributed by atoms with Crippen molar-refractivity contribution >= 4 is 17.8 Å². The number of ketones is 1. The summed E-state index contributed by atoms with van der Waals surface area (Å²) in [6.45, 7) is 1.65. The highest BCUT2D eigenvalue weighted by Gasteiger charge is 2.14. The summed E-state index contributed by atoms with van der Waals surface area (Å²) in [5, 5.41) is 4.14. The number of ether oxygens (including phenoxy) is 3. The van der Waals surface area contributed by atoms with Gasteiger partial charge < -0.3 is 14.2 Å². The number of carbonyl (C=O) groups excluding carboxylic acids is 2. The summed E-state index contributed by atoms with van der Waals surface area (Å²) < 4.78 is 17.0. The number of hydrogen-bond donors (Lipinski definition) is 0. The Labute approximate surface area is 145 Å². The molecule has 0 radical (unpaired) electrons. The van der Waals surface area contributed by atoms with Crippen LogP contribution in [0.5, 0.6) is 11.5 Å². The number of rotatable bonds is 7. The number of nitrogens with zero attached hydrogens (tertiary/aromatic N) is 2. The molecular formula is C18H20N2O5. The second-order valence-electron chi connectivity index (χ2n) is 5.28. The Hall–Kier alpha value is -3.09. The molecule has 0 atom stereocenters. The normalized spacial score (nSPS) is 10.7. The minimum atomic E-state index is -0.447. The predicted molar refractivity (Wildman–Crippen MR) is 91.8 cm³/mol. The van der Waals surface area contributed by atoms with Crippen LogP contribution in [0.1, 0.15) is 21.6 Å². The second-order valence-corrected chi connectivity index (χ2v) is 5.28. The molecule has 0 unspecified atom stereocenters. The van der Waals surface area contributed by atoms with E-state index in [1.54, 1.807) is 49.1 Å². The Kier molecular flexibility index (Phi) is 5.94. The van der Waals surface area contributed by atoms with E-state index >= 15 is 0 Å². The van der Waals surface area contributed by atoms with Gasteiger partial charge in [-0.3, -0.25) is 9.48 Å². The van der Waals surface area contributed by atoms with Crippen LogP contribution in [0, 0.1) is 6.92 Å². The summed E-state index contributed by atoms with van der Waals surface area (Å²) in [5.74, 6) is 0.286. The molecule has 0 aliphatic rings. The van der Waals surface area contributed by atoms with Crippen LogP contribution in [0.25, 0.3) is 6.08 Å². The van der Waals surface area contributed by atoms with Crippen molar-refractivity contribution in [1.29, 1.82) is 0 Å². The third-order valence-electron chi connectivity index (χ3n) is 3.47. The molecule has 0 N–H and O–H groups in total. The molecule has 1 aromatic carbocycles. The highest BCUT2D eigenvalue weighted by atomic mass is 16.5. The largest absolute Gasteiger partial charge is 0.493 e. The van der Waals surface area contributed by atoms with Gasteiger partial charge in [-0.15, -0.1) is 0 Å². The second kappa shape index (κ2) is 8.14. The van der Waals surface area contributed by atoms with Gasteiger partial charge in [0.2, 0.25) is 5.78 Å². The monoisotopic (exact) mass is 344 g/mol. The smallest absolute Gasteiger partial charge is 0.330 e. The number of methoxy groups -OCH3 is 2. The van der Waals surface area contributed by atoms with Crippen LogP contribution in [0.15, 0.2) is 30.5 Å². The molecule has 0 bridgehead atoms. The molecule has 2 aromatic rings. The van der Waals surface area contributed by atoms with E-state index in [4.69, 9.17) is 9.47 Å². The fourth-order valence-electron chi connectivity index (χ4n) is 2.23. The van der Waals surface area contributed by atoms with Crippen LogP contribution >= 0.6 is 0 Å². The zero-order valence-corrected chi connectivity index (χ0v) is 14.6. The van der Waals surface area contributed by atoms with Gasteiger partial charge in [0.15, 0.2) is 18.1 Å². The Morgan fingerprint density at radius 3 is 2.60 bits per heavy atom. The Balaban J connectivity index is 2.09. The van der Waals surface area contributed by atoms with Crippen molar-refractivity contribution < 1.29 is 23.8 Å². The molecule has 0 aliphatic carbocycles. The molecule has 0 spiro atoms. The van der Waals surface area contributed by atoms with Crippen molar-refractivity contribution in [3.8, 4) is 11.5 Å². The average molecular weight is 344 g/mol. The zero-order valence-electron chi connectivity index (χ0n) is 14.6. The van der Waals surface area contributed by atoms with E-state index in [1.165, 1.54) is 20.3 Å². The number of esters is 1. The first-order chi connectivity index (χ1) is 11.9. The van der Waals surface area contributed by atoms with Crippen LogP contribution in [0.4, 0.5) is 0 Å². The summed E-state index contributed by atoms with van der Waals surface area (Å²) in [6.07, 6.45) is 4.57. The van der Waals surface area contributed by atoms with Gasteiger partial charge in [-0.2, -0.15) is 5.10 Å². The fourth-order valence-corrected chi connectivity index (χ4v) is 2.23. The van der Waals surface area contributed by atoms with E-state index in [1.807, 2.05) is 0 Å². The van der Waals surface area contributed by atoms with Gasteiger partial charge in [0.05, 0.1) is 25.5 Å². The Bertz CT molecular complexity index is 808.